The largest absolute Gasteiger partial charge is 0.480 e. The van der Waals surface area contributed by atoms with Gasteiger partial charge in [0.05, 0.1) is 6.10 Å². The Morgan fingerprint density at radius 1 is 1.29 bits per heavy atom. The summed E-state index contributed by atoms with van der Waals surface area (Å²) in [5.74, 6) is -1.23. The summed E-state index contributed by atoms with van der Waals surface area (Å²) < 4.78 is 25.0. The number of aliphatic carboxylic acids is 1. The summed E-state index contributed by atoms with van der Waals surface area (Å²) in [4.78, 5) is 10.7. The highest BCUT2D eigenvalue weighted by atomic mass is 32.2. The first-order chi connectivity index (χ1) is 7.76. The molecule has 2 atom stereocenters. The van der Waals surface area contributed by atoms with Gasteiger partial charge in [0.1, 0.15) is 0 Å². The van der Waals surface area contributed by atoms with Crippen molar-refractivity contribution in [1.29, 1.82) is 0 Å². The zero-order chi connectivity index (χ0) is 13.2. The monoisotopic (exact) mass is 265 g/mol. The highest BCUT2D eigenvalue weighted by molar-refractivity contribution is 7.90. The molecule has 0 bridgehead atoms. The first kappa shape index (κ1) is 14.4. The van der Waals surface area contributed by atoms with Crippen molar-refractivity contribution in [2.75, 3.05) is 13.1 Å². The maximum atomic E-state index is 11.9. The number of hydrogen-bond acceptors (Lipinski definition) is 4. The number of carbonyl (C=O) groups is 1. The molecule has 1 rings (SSSR count). The van der Waals surface area contributed by atoms with E-state index in [1.54, 1.807) is 6.92 Å². The van der Waals surface area contributed by atoms with E-state index in [4.69, 9.17) is 5.11 Å². The Hall–Kier alpha value is -0.660. The highest BCUT2D eigenvalue weighted by Gasteiger charge is 2.36. The van der Waals surface area contributed by atoms with Gasteiger partial charge < -0.3 is 10.2 Å². The van der Waals surface area contributed by atoms with Crippen molar-refractivity contribution in [1.82, 2.24) is 4.31 Å². The average Bonchev–Trinajstić information content (AvgIpc) is 2.27. The Morgan fingerprint density at radius 3 is 2.12 bits per heavy atom. The van der Waals surface area contributed by atoms with Crippen LogP contribution in [-0.2, 0) is 14.8 Å². The molecule has 0 aromatic carbocycles. The van der Waals surface area contributed by atoms with Crippen LogP contribution in [0.1, 0.15) is 26.7 Å². The van der Waals surface area contributed by atoms with E-state index in [2.05, 4.69) is 0 Å². The van der Waals surface area contributed by atoms with Crippen LogP contribution >= 0.6 is 0 Å². The molecule has 0 aromatic rings. The summed E-state index contributed by atoms with van der Waals surface area (Å²) in [5, 5.41) is 16.7. The molecular weight excluding hydrogens is 246 g/mol. The molecule has 0 amide bonds. The van der Waals surface area contributed by atoms with E-state index >= 15 is 0 Å². The molecular formula is C10H19NO5S. The van der Waals surface area contributed by atoms with E-state index in [1.165, 1.54) is 11.2 Å². The molecule has 1 aliphatic heterocycles. The molecule has 0 aliphatic carbocycles. The highest BCUT2D eigenvalue weighted by Crippen LogP contribution is 2.23. The molecule has 100 valence electrons. The molecule has 1 fully saturated rings. The van der Waals surface area contributed by atoms with Gasteiger partial charge in [-0.2, -0.15) is 0 Å². The first-order valence-corrected chi connectivity index (χ1v) is 7.17. The lowest BCUT2D eigenvalue weighted by Gasteiger charge is -2.33. The second-order valence-corrected chi connectivity index (χ2v) is 6.76. The topological polar surface area (TPSA) is 94.9 Å². The summed E-state index contributed by atoms with van der Waals surface area (Å²) in [6, 6.07) is 0. The fraction of sp³-hybridized carbons (Fsp3) is 0.900. The van der Waals surface area contributed by atoms with Crippen LogP contribution in [0.25, 0.3) is 0 Å². The Balaban J connectivity index is 2.68. The molecule has 2 unspecified atom stereocenters. The van der Waals surface area contributed by atoms with Crippen LogP contribution in [0.3, 0.4) is 0 Å². The van der Waals surface area contributed by atoms with E-state index < -0.39 is 27.3 Å². The second-order valence-electron chi connectivity index (χ2n) is 4.50. The average molecular weight is 265 g/mol. The lowest BCUT2D eigenvalue weighted by Crippen LogP contribution is -2.46. The maximum Gasteiger partial charge on any atom is 0.323 e. The van der Waals surface area contributed by atoms with Crippen molar-refractivity contribution in [3.05, 3.63) is 0 Å². The molecule has 17 heavy (non-hydrogen) atoms. The summed E-state index contributed by atoms with van der Waals surface area (Å²) in [6.45, 7) is 3.44. The number of aliphatic hydroxyl groups excluding tert-OH is 1. The van der Waals surface area contributed by atoms with Crippen LogP contribution < -0.4 is 0 Å². The van der Waals surface area contributed by atoms with Crippen LogP contribution in [0.4, 0.5) is 0 Å². The van der Waals surface area contributed by atoms with Crippen LogP contribution in [0.15, 0.2) is 0 Å². The van der Waals surface area contributed by atoms with Gasteiger partial charge in [0.15, 0.2) is 5.25 Å². The molecule has 2 N–H and O–H groups in total. The molecule has 0 saturated carbocycles. The van der Waals surface area contributed by atoms with E-state index in [1.807, 2.05) is 0 Å². The zero-order valence-electron chi connectivity index (χ0n) is 10.0. The van der Waals surface area contributed by atoms with Crippen molar-refractivity contribution in [2.45, 2.75) is 38.0 Å². The minimum absolute atomic E-state index is 0.0987. The van der Waals surface area contributed by atoms with E-state index in [-0.39, 0.29) is 19.0 Å². The van der Waals surface area contributed by atoms with Gasteiger partial charge in [-0.3, -0.25) is 4.79 Å². The minimum atomic E-state index is -3.76. The van der Waals surface area contributed by atoms with Crippen molar-refractivity contribution in [3.63, 3.8) is 0 Å². The summed E-state index contributed by atoms with van der Waals surface area (Å²) in [6.07, 6.45) is 0.698. The van der Waals surface area contributed by atoms with Gasteiger partial charge in [0, 0.05) is 13.1 Å². The van der Waals surface area contributed by atoms with Crippen LogP contribution in [-0.4, -0.2) is 53.3 Å². The summed E-state index contributed by atoms with van der Waals surface area (Å²) in [5.41, 5.74) is 0. The molecule has 1 aliphatic rings. The third-order valence-corrected chi connectivity index (χ3v) is 5.52. The first-order valence-electron chi connectivity index (χ1n) is 5.66. The van der Waals surface area contributed by atoms with E-state index in [9.17, 15) is 18.3 Å². The standard InChI is InChI=1S/C10H19NO5S/c1-7(12)9-3-5-11(6-4-9)17(15,16)8(2)10(13)14/h7-9,12H,3-6H2,1-2H3,(H,13,14). The van der Waals surface area contributed by atoms with Gasteiger partial charge in [-0.1, -0.05) is 0 Å². The normalized spacial score (nSPS) is 23.2. The number of aliphatic hydroxyl groups is 1. The van der Waals surface area contributed by atoms with Crippen LogP contribution in [0.5, 0.6) is 0 Å². The fourth-order valence-corrected chi connectivity index (χ4v) is 3.39. The molecule has 1 heterocycles. The number of carboxylic acids is 1. The third kappa shape index (κ3) is 3.17. The smallest absolute Gasteiger partial charge is 0.323 e. The van der Waals surface area contributed by atoms with E-state index in [0.29, 0.717) is 12.8 Å². The number of sulfonamides is 1. The molecule has 6 nitrogen and oxygen atoms in total. The van der Waals surface area contributed by atoms with Gasteiger partial charge in [-0.25, -0.2) is 12.7 Å². The molecule has 0 spiro atoms. The maximum absolute atomic E-state index is 11.9. The number of nitrogens with zero attached hydrogens (tertiary/aromatic N) is 1. The Bertz CT molecular complexity index is 370. The second kappa shape index (κ2) is 5.32. The number of carboxylic acid groups (broad SMARTS) is 1. The van der Waals surface area contributed by atoms with Gasteiger partial charge >= 0.3 is 5.97 Å². The SMILES string of the molecule is CC(O)C1CCN(S(=O)(=O)C(C)C(=O)O)CC1. The minimum Gasteiger partial charge on any atom is -0.480 e. The Morgan fingerprint density at radius 2 is 1.76 bits per heavy atom. The van der Waals surface area contributed by atoms with Gasteiger partial charge in [-0.05, 0) is 32.6 Å². The molecule has 0 aromatic heterocycles. The van der Waals surface area contributed by atoms with Crippen molar-refractivity contribution < 1.29 is 23.4 Å². The van der Waals surface area contributed by atoms with E-state index in [0.717, 1.165) is 0 Å². The quantitative estimate of drug-likeness (QED) is 0.739. The fourth-order valence-electron chi connectivity index (χ4n) is 1.96. The Labute approximate surface area is 101 Å². The third-order valence-electron chi connectivity index (χ3n) is 3.34. The summed E-state index contributed by atoms with van der Waals surface area (Å²) >= 11 is 0. The zero-order valence-corrected chi connectivity index (χ0v) is 10.9. The van der Waals surface area contributed by atoms with Crippen molar-refractivity contribution >= 4 is 16.0 Å². The van der Waals surface area contributed by atoms with Crippen LogP contribution in [0, 0.1) is 5.92 Å². The van der Waals surface area contributed by atoms with Gasteiger partial charge in [-0.15, -0.1) is 0 Å². The molecule has 7 heteroatoms. The number of rotatable bonds is 4. The number of piperidine rings is 1. The molecule has 1 saturated heterocycles. The number of hydrogen-bond donors (Lipinski definition) is 2. The van der Waals surface area contributed by atoms with Gasteiger partial charge in [0.25, 0.3) is 0 Å². The van der Waals surface area contributed by atoms with Crippen LogP contribution in [0.2, 0.25) is 0 Å². The lowest BCUT2D eigenvalue weighted by molar-refractivity contribution is -0.136. The van der Waals surface area contributed by atoms with Gasteiger partial charge in [0.2, 0.25) is 10.0 Å². The Kier molecular flexibility index (Phi) is 4.51. The predicted molar refractivity (Wildman–Crippen MR) is 62.0 cm³/mol. The molecule has 0 radical (unpaired) electrons. The lowest BCUT2D eigenvalue weighted by atomic mass is 9.93. The predicted octanol–water partition coefficient (Wildman–Crippen LogP) is -0.118. The van der Waals surface area contributed by atoms with Crippen molar-refractivity contribution in [3.8, 4) is 0 Å². The van der Waals surface area contributed by atoms with Crippen molar-refractivity contribution in [2.24, 2.45) is 5.92 Å². The summed E-state index contributed by atoms with van der Waals surface area (Å²) in [7, 11) is -3.76.